The van der Waals surface area contributed by atoms with Crippen molar-refractivity contribution in [2.75, 3.05) is 13.4 Å². The molecule has 1 heterocycles. The zero-order valence-corrected chi connectivity index (χ0v) is 13.8. The molecule has 118 valence electrons. The molecule has 3 aromatic rings. The summed E-state index contributed by atoms with van der Waals surface area (Å²) in [6, 6.07) is 15.2. The van der Waals surface area contributed by atoms with Crippen molar-refractivity contribution in [2.24, 2.45) is 0 Å². The second-order valence-electron chi connectivity index (χ2n) is 5.08. The van der Waals surface area contributed by atoms with E-state index in [1.54, 1.807) is 19.6 Å². The number of rotatable bonds is 5. The molecule has 0 spiro atoms. The Labute approximate surface area is 137 Å². The van der Waals surface area contributed by atoms with Gasteiger partial charge in [-0.3, -0.25) is 9.19 Å². The van der Waals surface area contributed by atoms with Crippen LogP contribution in [0.25, 0.3) is 10.9 Å². The molecule has 0 saturated heterocycles. The van der Waals surface area contributed by atoms with Gasteiger partial charge >= 0.3 is 0 Å². The van der Waals surface area contributed by atoms with Gasteiger partial charge in [-0.1, -0.05) is 12.1 Å². The Kier molecular flexibility index (Phi) is 4.57. The summed E-state index contributed by atoms with van der Waals surface area (Å²) in [5.41, 5.74) is 1.86. The Bertz CT molecular complexity index is 847. The second kappa shape index (κ2) is 6.79. The Morgan fingerprint density at radius 3 is 2.57 bits per heavy atom. The Balaban J connectivity index is 1.80. The summed E-state index contributed by atoms with van der Waals surface area (Å²) in [7, 11) is 0.674. The van der Waals surface area contributed by atoms with E-state index in [4.69, 9.17) is 9.47 Å². The van der Waals surface area contributed by atoms with Crippen LogP contribution in [0.5, 0.6) is 11.5 Å². The highest BCUT2D eigenvalue weighted by atomic mass is 32.2. The number of aromatic nitrogens is 1. The lowest BCUT2D eigenvalue weighted by molar-refractivity contribution is 0.309. The maximum atomic E-state index is 11.4. The number of hydrogen-bond donors (Lipinski definition) is 0. The zero-order valence-electron chi connectivity index (χ0n) is 13.0. The molecule has 1 unspecified atom stereocenters. The van der Waals surface area contributed by atoms with Gasteiger partial charge in [0.2, 0.25) is 0 Å². The van der Waals surface area contributed by atoms with Crippen LogP contribution in [-0.4, -0.2) is 22.6 Å². The maximum absolute atomic E-state index is 11.4. The minimum atomic E-state index is -0.960. The van der Waals surface area contributed by atoms with Gasteiger partial charge in [0.1, 0.15) is 18.1 Å². The van der Waals surface area contributed by atoms with Crippen LogP contribution in [0, 0.1) is 0 Å². The maximum Gasteiger partial charge on any atom is 0.130 e. The highest BCUT2D eigenvalue weighted by Gasteiger charge is 2.05. The van der Waals surface area contributed by atoms with Crippen LogP contribution in [0.15, 0.2) is 59.6 Å². The van der Waals surface area contributed by atoms with Gasteiger partial charge < -0.3 is 9.47 Å². The lowest BCUT2D eigenvalue weighted by atomic mass is 10.2. The monoisotopic (exact) mass is 327 g/mol. The zero-order chi connectivity index (χ0) is 16.2. The molecule has 2 aromatic carbocycles. The summed E-state index contributed by atoms with van der Waals surface area (Å²) in [6.45, 7) is 0.446. The number of fused-ring (bicyclic) bond motifs is 1. The van der Waals surface area contributed by atoms with Crippen LogP contribution >= 0.6 is 0 Å². The fourth-order valence-electron chi connectivity index (χ4n) is 2.29. The molecule has 23 heavy (non-hydrogen) atoms. The smallest absolute Gasteiger partial charge is 0.130 e. The molecule has 0 amide bonds. The van der Waals surface area contributed by atoms with Crippen molar-refractivity contribution in [3.8, 4) is 11.5 Å². The molecular weight excluding hydrogens is 310 g/mol. The molecule has 0 aliphatic carbocycles. The van der Waals surface area contributed by atoms with Crippen molar-refractivity contribution >= 4 is 21.7 Å². The normalized spacial score (nSPS) is 12.1. The van der Waals surface area contributed by atoms with Crippen molar-refractivity contribution in [3.05, 3.63) is 60.3 Å². The van der Waals surface area contributed by atoms with Gasteiger partial charge in [-0.05, 0) is 35.9 Å². The number of benzene rings is 2. The quantitative estimate of drug-likeness (QED) is 0.719. The van der Waals surface area contributed by atoms with Crippen molar-refractivity contribution < 1.29 is 13.7 Å². The first kappa shape index (κ1) is 15.5. The lowest BCUT2D eigenvalue weighted by Crippen LogP contribution is -1.97. The number of hydrogen-bond acceptors (Lipinski definition) is 4. The fraction of sp³-hybridized carbons (Fsp3) is 0.167. The first-order valence-corrected chi connectivity index (χ1v) is 8.71. The van der Waals surface area contributed by atoms with Crippen molar-refractivity contribution in [2.45, 2.75) is 11.5 Å². The van der Waals surface area contributed by atoms with Gasteiger partial charge in [0.05, 0.1) is 12.6 Å². The van der Waals surface area contributed by atoms with Gasteiger partial charge in [0.25, 0.3) is 0 Å². The van der Waals surface area contributed by atoms with Crippen LogP contribution in [0.1, 0.15) is 5.56 Å². The minimum absolute atomic E-state index is 0.446. The number of methoxy groups -OCH3 is 1. The fourth-order valence-corrected chi connectivity index (χ4v) is 2.81. The van der Waals surface area contributed by atoms with E-state index in [0.717, 1.165) is 32.9 Å². The van der Waals surface area contributed by atoms with Crippen molar-refractivity contribution in [1.82, 2.24) is 4.98 Å². The van der Waals surface area contributed by atoms with E-state index in [0.29, 0.717) is 6.61 Å². The molecule has 0 saturated carbocycles. The molecule has 0 N–H and O–H groups in total. The van der Waals surface area contributed by atoms with Crippen LogP contribution in [0.2, 0.25) is 0 Å². The highest BCUT2D eigenvalue weighted by Crippen LogP contribution is 2.27. The predicted octanol–water partition coefficient (Wildman–Crippen LogP) is 3.56. The summed E-state index contributed by atoms with van der Waals surface area (Å²) in [5, 5.41) is 0.944. The predicted molar refractivity (Wildman–Crippen MR) is 91.4 cm³/mol. The molecule has 4 nitrogen and oxygen atoms in total. The van der Waals surface area contributed by atoms with E-state index in [9.17, 15) is 4.21 Å². The molecule has 3 rings (SSSR count). The van der Waals surface area contributed by atoms with Crippen LogP contribution < -0.4 is 9.47 Å². The van der Waals surface area contributed by atoms with Crippen LogP contribution in [0.3, 0.4) is 0 Å². The van der Waals surface area contributed by atoms with Gasteiger partial charge in [-0.2, -0.15) is 0 Å². The second-order valence-corrected chi connectivity index (χ2v) is 6.46. The highest BCUT2D eigenvalue weighted by molar-refractivity contribution is 7.84. The first-order valence-electron chi connectivity index (χ1n) is 7.15. The number of pyridine rings is 1. The third-order valence-electron chi connectivity index (χ3n) is 3.56. The standard InChI is InChI=1S/C18H17NO3S/c1-21-14-5-8-16-17(11-14)19-10-9-18(16)22-12-13-3-6-15(7-4-13)23(2)20/h3-11H,12H2,1-2H3. The first-order chi connectivity index (χ1) is 11.2. The van der Waals surface area contributed by atoms with E-state index >= 15 is 0 Å². The molecule has 0 bridgehead atoms. The number of nitrogens with zero attached hydrogens (tertiary/aromatic N) is 1. The van der Waals surface area contributed by atoms with E-state index in [1.165, 1.54) is 0 Å². The Morgan fingerprint density at radius 2 is 1.87 bits per heavy atom. The van der Waals surface area contributed by atoms with Gasteiger partial charge in [-0.15, -0.1) is 0 Å². The van der Waals surface area contributed by atoms with Gasteiger partial charge in [-0.25, -0.2) is 0 Å². The number of ether oxygens (including phenoxy) is 2. The van der Waals surface area contributed by atoms with Gasteiger partial charge in [0.15, 0.2) is 0 Å². The molecule has 0 fully saturated rings. The molecule has 0 aliphatic rings. The summed E-state index contributed by atoms with van der Waals surface area (Å²) in [6.07, 6.45) is 3.39. The third kappa shape index (κ3) is 3.51. The molecule has 1 atom stereocenters. The summed E-state index contributed by atoms with van der Waals surface area (Å²) >= 11 is 0. The van der Waals surface area contributed by atoms with Gasteiger partial charge in [0, 0.05) is 39.6 Å². The topological polar surface area (TPSA) is 48.4 Å². The molecule has 0 aliphatic heterocycles. The minimum Gasteiger partial charge on any atom is -0.497 e. The average Bonchev–Trinajstić information content (AvgIpc) is 2.59. The molecule has 0 radical (unpaired) electrons. The molecule has 5 heteroatoms. The van der Waals surface area contributed by atoms with E-state index in [2.05, 4.69) is 4.98 Å². The Morgan fingerprint density at radius 1 is 1.09 bits per heavy atom. The lowest BCUT2D eigenvalue weighted by Gasteiger charge is -2.10. The molecular formula is C18H17NO3S. The van der Waals surface area contributed by atoms with E-state index in [-0.39, 0.29) is 0 Å². The molecule has 1 aromatic heterocycles. The Hall–Kier alpha value is -2.40. The summed E-state index contributed by atoms with van der Waals surface area (Å²) in [5.74, 6) is 1.55. The van der Waals surface area contributed by atoms with E-state index < -0.39 is 10.8 Å². The third-order valence-corrected chi connectivity index (χ3v) is 4.50. The van der Waals surface area contributed by atoms with Crippen molar-refractivity contribution in [3.63, 3.8) is 0 Å². The average molecular weight is 327 g/mol. The summed E-state index contributed by atoms with van der Waals surface area (Å²) in [4.78, 5) is 5.16. The van der Waals surface area contributed by atoms with Crippen LogP contribution in [0.4, 0.5) is 0 Å². The SMILES string of the molecule is COc1ccc2c(OCc3ccc(S(C)=O)cc3)ccnc2c1. The van der Waals surface area contributed by atoms with E-state index in [1.807, 2.05) is 48.5 Å². The summed E-state index contributed by atoms with van der Waals surface area (Å²) < 4.78 is 22.5. The van der Waals surface area contributed by atoms with Crippen molar-refractivity contribution in [1.29, 1.82) is 0 Å². The largest absolute Gasteiger partial charge is 0.497 e. The van der Waals surface area contributed by atoms with Crippen LogP contribution in [-0.2, 0) is 17.4 Å².